The Labute approximate surface area is 101 Å². The molecule has 0 radical (unpaired) electrons. The van der Waals surface area contributed by atoms with Crippen molar-refractivity contribution < 1.29 is 4.79 Å². The van der Waals surface area contributed by atoms with E-state index in [4.69, 9.17) is 0 Å². The quantitative estimate of drug-likeness (QED) is 0.700. The van der Waals surface area contributed by atoms with Crippen LogP contribution in [0.1, 0.15) is 55.4 Å². The summed E-state index contributed by atoms with van der Waals surface area (Å²) in [6.07, 6.45) is 0. The number of carbonyl (C=O) groups is 1. The molecule has 0 unspecified atom stereocenters. The van der Waals surface area contributed by atoms with Gasteiger partial charge in [0.2, 0.25) is 0 Å². The van der Waals surface area contributed by atoms with Gasteiger partial charge in [-0.05, 0) is 22.7 Å². The van der Waals surface area contributed by atoms with Gasteiger partial charge in [0.15, 0.2) is 0 Å². The predicted octanol–water partition coefficient (Wildman–Crippen LogP) is 4.17. The van der Waals surface area contributed by atoms with E-state index in [1.165, 1.54) is 0 Å². The molecule has 0 heterocycles. The van der Waals surface area contributed by atoms with Crippen molar-refractivity contribution in [3.8, 4) is 0 Å². The molecule has 1 rings (SSSR count). The van der Waals surface area contributed by atoms with Crippen molar-refractivity contribution in [2.24, 2.45) is 34.5 Å². The Kier molecular flexibility index (Phi) is 3.31. The maximum atomic E-state index is 12.1. The lowest BCUT2D eigenvalue weighted by molar-refractivity contribution is -0.114. The second-order valence-electron chi connectivity index (χ2n) is 7.31. The van der Waals surface area contributed by atoms with Crippen LogP contribution in [0.5, 0.6) is 0 Å². The Morgan fingerprint density at radius 1 is 0.812 bits per heavy atom. The molecule has 0 bridgehead atoms. The van der Waals surface area contributed by atoms with E-state index in [1.54, 1.807) is 0 Å². The molecule has 0 aromatic rings. The zero-order valence-electron chi connectivity index (χ0n) is 12.2. The van der Waals surface area contributed by atoms with Crippen LogP contribution in [0.15, 0.2) is 0 Å². The summed E-state index contributed by atoms with van der Waals surface area (Å²) in [5.74, 6) is 2.19. The Bertz CT molecular complexity index is 256. The average Bonchev–Trinajstić information content (AvgIpc) is 2.77. The van der Waals surface area contributed by atoms with E-state index >= 15 is 0 Å². The molecule has 0 spiro atoms. The summed E-state index contributed by atoms with van der Waals surface area (Å²) in [6.45, 7) is 17.9. The highest BCUT2D eigenvalue weighted by molar-refractivity contribution is 6.00. The molecule has 0 aromatic heterocycles. The minimum Gasteiger partial charge on any atom is -0.299 e. The van der Waals surface area contributed by atoms with Crippen LogP contribution in [-0.2, 0) is 4.79 Å². The van der Waals surface area contributed by atoms with E-state index < -0.39 is 0 Å². The van der Waals surface area contributed by atoms with Crippen molar-refractivity contribution in [3.05, 3.63) is 0 Å². The molecule has 16 heavy (non-hydrogen) atoms. The Hall–Kier alpha value is -0.330. The highest BCUT2D eigenvalue weighted by atomic mass is 16.1. The first-order valence-corrected chi connectivity index (χ1v) is 6.58. The second kappa shape index (κ2) is 3.85. The summed E-state index contributed by atoms with van der Waals surface area (Å²) in [7, 11) is 0. The summed E-state index contributed by atoms with van der Waals surface area (Å²) < 4.78 is 0. The van der Waals surface area contributed by atoms with E-state index in [0.29, 0.717) is 17.6 Å². The van der Waals surface area contributed by atoms with Crippen molar-refractivity contribution in [1.82, 2.24) is 0 Å². The van der Waals surface area contributed by atoms with Crippen LogP contribution < -0.4 is 0 Å². The van der Waals surface area contributed by atoms with Crippen molar-refractivity contribution in [2.45, 2.75) is 55.4 Å². The molecule has 94 valence electrons. The Morgan fingerprint density at radius 2 is 1.06 bits per heavy atom. The second-order valence-corrected chi connectivity index (χ2v) is 7.31. The third kappa shape index (κ3) is 1.94. The molecular weight excluding hydrogens is 196 g/mol. The molecule has 1 aliphatic carbocycles. The highest BCUT2D eigenvalue weighted by Crippen LogP contribution is 2.59. The fraction of sp³-hybridized carbons (Fsp3) is 0.933. The van der Waals surface area contributed by atoms with E-state index in [2.05, 4.69) is 55.4 Å². The summed E-state index contributed by atoms with van der Waals surface area (Å²) in [6, 6.07) is 0. The number of hydrogen-bond donors (Lipinski definition) is 0. The van der Waals surface area contributed by atoms with Gasteiger partial charge in [-0.3, -0.25) is 4.79 Å². The summed E-state index contributed by atoms with van der Waals surface area (Å²) >= 11 is 0. The maximum absolute atomic E-state index is 12.1. The molecule has 0 aliphatic heterocycles. The van der Waals surface area contributed by atoms with Crippen LogP contribution in [-0.4, -0.2) is 5.78 Å². The topological polar surface area (TPSA) is 17.1 Å². The summed E-state index contributed by atoms with van der Waals surface area (Å²) in [4.78, 5) is 12.1. The van der Waals surface area contributed by atoms with Crippen molar-refractivity contribution in [3.63, 3.8) is 0 Å². The van der Waals surface area contributed by atoms with Gasteiger partial charge in [0.25, 0.3) is 0 Å². The van der Waals surface area contributed by atoms with Crippen LogP contribution in [0.4, 0.5) is 0 Å². The lowest BCUT2D eigenvalue weighted by Gasteiger charge is -2.34. The van der Waals surface area contributed by atoms with Crippen LogP contribution in [0.3, 0.4) is 0 Å². The van der Waals surface area contributed by atoms with Gasteiger partial charge >= 0.3 is 0 Å². The smallest absolute Gasteiger partial charge is 0.141 e. The third-order valence-electron chi connectivity index (χ3n) is 5.42. The number of rotatable bonds is 4. The van der Waals surface area contributed by atoms with Crippen molar-refractivity contribution in [2.75, 3.05) is 0 Å². The Morgan fingerprint density at radius 3 is 1.25 bits per heavy atom. The lowest BCUT2D eigenvalue weighted by atomic mass is 9.70. The number of hydrogen-bond acceptors (Lipinski definition) is 1. The normalized spacial score (nSPS) is 26.8. The monoisotopic (exact) mass is 224 g/mol. The van der Waals surface area contributed by atoms with Gasteiger partial charge in [0.05, 0.1) is 0 Å². The molecular formula is C15H28O. The predicted molar refractivity (Wildman–Crippen MR) is 69.2 cm³/mol. The van der Waals surface area contributed by atoms with E-state index in [0.717, 1.165) is 0 Å². The molecule has 1 saturated carbocycles. The first-order chi connectivity index (χ1) is 7.04. The van der Waals surface area contributed by atoms with Gasteiger partial charge in [0.1, 0.15) is 5.78 Å². The molecule has 0 amide bonds. The number of carbonyl (C=O) groups excluding carboxylic acids is 1. The molecule has 1 nitrogen and oxygen atoms in total. The number of Topliss-reactive ketones (excluding diaryl/α,β-unsaturated/α-hetero) is 1. The van der Waals surface area contributed by atoms with E-state index in [-0.39, 0.29) is 22.7 Å². The molecule has 1 heteroatoms. The SMILES string of the molecule is CC(C)C(C)(C)[C@@H]1C(=O)[C@H]1C(C)(C)C(C)C. The van der Waals surface area contributed by atoms with Crippen molar-refractivity contribution >= 4 is 5.78 Å². The first-order valence-electron chi connectivity index (χ1n) is 6.58. The third-order valence-corrected chi connectivity index (χ3v) is 5.42. The van der Waals surface area contributed by atoms with Crippen LogP contribution in [0.2, 0.25) is 0 Å². The standard InChI is InChI=1S/C15H28O/c1-9(2)14(5,6)11-12(13(11)16)15(7,8)10(3)4/h9-12H,1-8H3/t11-,12-/m0/s1. The fourth-order valence-electron chi connectivity index (χ4n) is 2.55. The minimum absolute atomic E-state index is 0.147. The van der Waals surface area contributed by atoms with Gasteiger partial charge in [-0.15, -0.1) is 0 Å². The van der Waals surface area contributed by atoms with Gasteiger partial charge in [-0.1, -0.05) is 55.4 Å². The fourth-order valence-corrected chi connectivity index (χ4v) is 2.55. The first kappa shape index (κ1) is 13.7. The van der Waals surface area contributed by atoms with Crippen molar-refractivity contribution in [1.29, 1.82) is 0 Å². The van der Waals surface area contributed by atoms with E-state index in [1.807, 2.05) is 0 Å². The molecule has 0 saturated heterocycles. The summed E-state index contributed by atoms with van der Waals surface area (Å²) in [5.41, 5.74) is 0.293. The highest BCUT2D eigenvalue weighted by Gasteiger charge is 2.63. The zero-order valence-corrected chi connectivity index (χ0v) is 12.2. The minimum atomic E-state index is 0.147. The molecule has 1 fully saturated rings. The maximum Gasteiger partial charge on any atom is 0.141 e. The molecule has 0 N–H and O–H groups in total. The molecule has 0 aromatic carbocycles. The van der Waals surface area contributed by atoms with Gasteiger partial charge in [-0.25, -0.2) is 0 Å². The van der Waals surface area contributed by atoms with Crippen LogP contribution >= 0.6 is 0 Å². The van der Waals surface area contributed by atoms with Gasteiger partial charge in [-0.2, -0.15) is 0 Å². The summed E-state index contributed by atoms with van der Waals surface area (Å²) in [5, 5.41) is 0. The zero-order chi connectivity index (χ0) is 12.9. The molecule has 1 aliphatic rings. The largest absolute Gasteiger partial charge is 0.299 e. The van der Waals surface area contributed by atoms with Gasteiger partial charge < -0.3 is 0 Å². The number of ketones is 1. The van der Waals surface area contributed by atoms with Crippen LogP contribution in [0, 0.1) is 34.5 Å². The van der Waals surface area contributed by atoms with E-state index in [9.17, 15) is 4.79 Å². The molecule has 2 atom stereocenters. The Balaban J connectivity index is 2.89. The lowest BCUT2D eigenvalue weighted by Crippen LogP contribution is -2.28. The average molecular weight is 224 g/mol. The van der Waals surface area contributed by atoms with Crippen LogP contribution in [0.25, 0.3) is 0 Å². The van der Waals surface area contributed by atoms with Gasteiger partial charge in [0, 0.05) is 11.8 Å².